The Morgan fingerprint density at radius 2 is 0.638 bits per heavy atom. The molecule has 0 spiro atoms. The summed E-state index contributed by atoms with van der Waals surface area (Å²) in [7, 11) is 0. The number of unbranched alkanes of at least 4 members (excludes halogenated alkanes) is 43. The molecule has 3 N–H and O–H groups in total. The highest BCUT2D eigenvalue weighted by Crippen LogP contribution is 2.18. The lowest BCUT2D eigenvalue weighted by Gasteiger charge is -2.20. The molecule has 0 aromatic carbocycles. The molecule has 0 aliphatic heterocycles. The zero-order chi connectivity index (χ0) is 42.1. The Hall–Kier alpha value is -0.870. The van der Waals surface area contributed by atoms with Gasteiger partial charge in [0.05, 0.1) is 18.8 Å². The summed E-state index contributed by atoms with van der Waals surface area (Å²) in [6, 6.07) is -0.618. The minimum Gasteiger partial charge on any atom is -0.394 e. The molecule has 2 atom stereocenters. The van der Waals surface area contributed by atoms with E-state index in [1.165, 1.54) is 263 Å². The number of hydrogen-bond donors (Lipinski definition) is 3. The smallest absolute Gasteiger partial charge is 0.220 e. The van der Waals surface area contributed by atoms with Gasteiger partial charge in [0.1, 0.15) is 0 Å². The molecular formula is C54H107NO3. The van der Waals surface area contributed by atoms with Crippen molar-refractivity contribution in [2.45, 2.75) is 321 Å². The van der Waals surface area contributed by atoms with Crippen molar-refractivity contribution in [3.8, 4) is 0 Å². The largest absolute Gasteiger partial charge is 0.394 e. The van der Waals surface area contributed by atoms with E-state index in [1.54, 1.807) is 6.08 Å². The second-order valence-electron chi connectivity index (χ2n) is 18.7. The van der Waals surface area contributed by atoms with Crippen LogP contribution in [0.3, 0.4) is 0 Å². The summed E-state index contributed by atoms with van der Waals surface area (Å²) in [5, 5.41) is 23.2. The number of aliphatic hydroxyl groups excluding tert-OH is 2. The fraction of sp³-hybridized carbons (Fsp3) is 0.944. The van der Waals surface area contributed by atoms with Gasteiger partial charge in [-0.15, -0.1) is 0 Å². The molecule has 0 saturated heterocycles. The zero-order valence-electron chi connectivity index (χ0n) is 39.8. The molecule has 4 heteroatoms. The van der Waals surface area contributed by atoms with Crippen LogP contribution in [0.4, 0.5) is 0 Å². The second kappa shape index (κ2) is 50.5. The van der Waals surface area contributed by atoms with Crippen molar-refractivity contribution in [3.05, 3.63) is 12.2 Å². The first-order valence-corrected chi connectivity index (χ1v) is 26.9. The number of amides is 1. The molecule has 0 aromatic heterocycles. The molecule has 0 rings (SSSR count). The Balaban J connectivity index is 3.46. The van der Waals surface area contributed by atoms with E-state index in [0.717, 1.165) is 25.7 Å². The molecule has 346 valence electrons. The van der Waals surface area contributed by atoms with Crippen molar-refractivity contribution in [2.75, 3.05) is 6.61 Å². The van der Waals surface area contributed by atoms with Crippen molar-refractivity contribution in [2.24, 2.45) is 0 Å². The lowest BCUT2D eigenvalue weighted by molar-refractivity contribution is -0.123. The van der Waals surface area contributed by atoms with E-state index in [2.05, 4.69) is 19.2 Å². The Morgan fingerprint density at radius 1 is 0.397 bits per heavy atom. The average molecular weight is 818 g/mol. The number of hydrogen-bond acceptors (Lipinski definition) is 3. The van der Waals surface area contributed by atoms with E-state index in [-0.39, 0.29) is 12.5 Å². The van der Waals surface area contributed by atoms with E-state index in [9.17, 15) is 15.0 Å². The van der Waals surface area contributed by atoms with Gasteiger partial charge in [-0.25, -0.2) is 0 Å². The lowest BCUT2D eigenvalue weighted by atomic mass is 10.0. The van der Waals surface area contributed by atoms with Crippen LogP contribution in [0.1, 0.15) is 309 Å². The number of carbonyl (C=O) groups is 1. The van der Waals surface area contributed by atoms with Crippen molar-refractivity contribution >= 4 is 5.91 Å². The molecule has 0 aromatic rings. The first-order chi connectivity index (χ1) is 28.7. The number of aliphatic hydroxyl groups is 2. The van der Waals surface area contributed by atoms with E-state index in [4.69, 9.17) is 0 Å². The van der Waals surface area contributed by atoms with E-state index in [0.29, 0.717) is 6.42 Å². The first-order valence-electron chi connectivity index (χ1n) is 26.9. The Kier molecular flexibility index (Phi) is 49.7. The maximum atomic E-state index is 12.5. The maximum absolute atomic E-state index is 12.5. The van der Waals surface area contributed by atoms with Gasteiger partial charge in [-0.1, -0.05) is 296 Å². The third kappa shape index (κ3) is 46.2. The van der Waals surface area contributed by atoms with E-state index in [1.807, 2.05) is 6.08 Å². The fourth-order valence-electron chi connectivity index (χ4n) is 8.65. The summed E-state index contributed by atoms with van der Waals surface area (Å²) in [6.45, 7) is 4.35. The van der Waals surface area contributed by atoms with Crippen LogP contribution in [0.2, 0.25) is 0 Å². The lowest BCUT2D eigenvalue weighted by Crippen LogP contribution is -2.45. The summed E-state index contributed by atoms with van der Waals surface area (Å²) in [5.74, 6) is -0.0562. The highest BCUT2D eigenvalue weighted by molar-refractivity contribution is 5.76. The number of nitrogens with one attached hydrogen (secondary N) is 1. The third-order valence-electron chi connectivity index (χ3n) is 12.8. The molecule has 0 saturated carbocycles. The van der Waals surface area contributed by atoms with Crippen LogP contribution >= 0.6 is 0 Å². The topological polar surface area (TPSA) is 69.6 Å². The molecule has 4 nitrogen and oxygen atoms in total. The van der Waals surface area contributed by atoms with Crippen LogP contribution in [0.25, 0.3) is 0 Å². The number of allylic oxidation sites excluding steroid dienone is 1. The van der Waals surface area contributed by atoms with Crippen LogP contribution in [0.15, 0.2) is 12.2 Å². The molecular weight excluding hydrogens is 711 g/mol. The van der Waals surface area contributed by atoms with Crippen molar-refractivity contribution in [3.63, 3.8) is 0 Å². The number of carbonyl (C=O) groups excluding carboxylic acids is 1. The van der Waals surface area contributed by atoms with Gasteiger partial charge >= 0.3 is 0 Å². The molecule has 0 aliphatic carbocycles. The molecule has 2 unspecified atom stereocenters. The first kappa shape index (κ1) is 57.1. The predicted molar refractivity (Wildman–Crippen MR) is 258 cm³/mol. The molecule has 0 bridgehead atoms. The predicted octanol–water partition coefficient (Wildman–Crippen LogP) is 17.4. The summed E-state index contributed by atoms with van der Waals surface area (Å²) < 4.78 is 0. The van der Waals surface area contributed by atoms with Crippen molar-refractivity contribution in [1.29, 1.82) is 0 Å². The summed E-state index contributed by atoms with van der Waals surface area (Å²) >= 11 is 0. The molecule has 1 amide bonds. The van der Waals surface area contributed by atoms with Crippen LogP contribution in [0.5, 0.6) is 0 Å². The number of rotatable bonds is 50. The minimum absolute atomic E-state index is 0.0562. The van der Waals surface area contributed by atoms with Crippen molar-refractivity contribution < 1.29 is 15.0 Å². The van der Waals surface area contributed by atoms with Gasteiger partial charge in [-0.3, -0.25) is 4.79 Å². The molecule has 0 radical (unpaired) electrons. The van der Waals surface area contributed by atoms with Gasteiger partial charge in [0.25, 0.3) is 0 Å². The van der Waals surface area contributed by atoms with Gasteiger partial charge in [-0.2, -0.15) is 0 Å². The standard InChI is InChI=1S/C54H107NO3/c1-3-5-7-9-11-13-15-17-19-21-23-25-27-29-31-33-35-37-39-41-43-45-47-49-53(57)52(51-56)55-54(58)50-48-46-44-42-40-38-36-34-32-30-28-26-24-22-20-18-16-14-12-10-8-6-4-2/h47,49,52-53,56-57H,3-46,48,50-51H2,1-2H3,(H,55,58)/b49-47+. The summed E-state index contributed by atoms with van der Waals surface area (Å²) in [5.41, 5.74) is 0. The van der Waals surface area contributed by atoms with Gasteiger partial charge in [0.2, 0.25) is 5.91 Å². The van der Waals surface area contributed by atoms with Gasteiger partial charge in [0.15, 0.2) is 0 Å². The summed E-state index contributed by atoms with van der Waals surface area (Å²) in [6.07, 6.45) is 65.0. The molecule has 0 fully saturated rings. The van der Waals surface area contributed by atoms with E-state index < -0.39 is 12.1 Å². The summed E-state index contributed by atoms with van der Waals surface area (Å²) in [4.78, 5) is 12.5. The quantitative estimate of drug-likeness (QED) is 0.0423. The van der Waals surface area contributed by atoms with Crippen molar-refractivity contribution in [1.82, 2.24) is 5.32 Å². The highest BCUT2D eigenvalue weighted by Gasteiger charge is 2.18. The van der Waals surface area contributed by atoms with E-state index >= 15 is 0 Å². The van der Waals surface area contributed by atoms with Gasteiger partial charge < -0.3 is 15.5 Å². The van der Waals surface area contributed by atoms with Crippen LogP contribution in [-0.4, -0.2) is 34.9 Å². The second-order valence-corrected chi connectivity index (χ2v) is 18.7. The minimum atomic E-state index is -0.835. The SMILES string of the molecule is CCCCCCCCCCCCCCCCCCCCCCC/C=C/C(O)C(CO)NC(=O)CCCCCCCCCCCCCCCCCCCCCCCCC. The van der Waals surface area contributed by atoms with Gasteiger partial charge in [-0.05, 0) is 19.3 Å². The molecule has 0 heterocycles. The molecule has 0 aliphatic rings. The zero-order valence-corrected chi connectivity index (χ0v) is 39.8. The monoisotopic (exact) mass is 818 g/mol. The fourth-order valence-corrected chi connectivity index (χ4v) is 8.65. The Morgan fingerprint density at radius 3 is 0.897 bits per heavy atom. The van der Waals surface area contributed by atoms with Gasteiger partial charge in [0, 0.05) is 6.42 Å². The average Bonchev–Trinajstić information content (AvgIpc) is 3.23. The Bertz CT molecular complexity index is 799. The Labute approximate surface area is 365 Å². The maximum Gasteiger partial charge on any atom is 0.220 e. The van der Waals surface area contributed by atoms with Crippen LogP contribution in [0, 0.1) is 0 Å². The van der Waals surface area contributed by atoms with Crippen LogP contribution < -0.4 is 5.32 Å². The van der Waals surface area contributed by atoms with Crippen LogP contribution in [-0.2, 0) is 4.79 Å². The molecule has 58 heavy (non-hydrogen) atoms. The highest BCUT2D eigenvalue weighted by atomic mass is 16.3. The third-order valence-corrected chi connectivity index (χ3v) is 12.8. The normalized spacial score (nSPS) is 12.8.